The number of ether oxygens (including phenoxy) is 3. The predicted octanol–water partition coefficient (Wildman–Crippen LogP) is 2.24. The van der Waals surface area contributed by atoms with Gasteiger partial charge in [0.05, 0.1) is 19.8 Å². The maximum Gasteiger partial charge on any atom is 0.490 e. The van der Waals surface area contributed by atoms with Crippen molar-refractivity contribution in [1.82, 2.24) is 15.2 Å². The van der Waals surface area contributed by atoms with Gasteiger partial charge in [0.25, 0.3) is 0 Å². The Labute approximate surface area is 219 Å². The zero-order valence-corrected chi connectivity index (χ0v) is 20.9. The van der Waals surface area contributed by atoms with Crippen LogP contribution in [0.15, 0.2) is 18.3 Å². The van der Waals surface area contributed by atoms with E-state index in [-0.39, 0.29) is 18.1 Å². The Morgan fingerprint density at radius 2 is 1.67 bits per heavy atom. The number of aliphatic carboxylic acids is 2. The number of alkyl halides is 6. The summed E-state index contributed by atoms with van der Waals surface area (Å²) in [5.41, 5.74) is 1.09. The molecular formula is C22H29F6N3O8. The Hall–Kier alpha value is -3.18. The second kappa shape index (κ2) is 15.4. The minimum Gasteiger partial charge on any atom is -0.481 e. The van der Waals surface area contributed by atoms with Gasteiger partial charge in [-0.25, -0.2) is 14.6 Å². The fraction of sp³-hybridized carbons (Fsp3) is 0.636. The summed E-state index contributed by atoms with van der Waals surface area (Å²) in [5.74, 6) is -4.86. The van der Waals surface area contributed by atoms with Crippen molar-refractivity contribution in [3.05, 3.63) is 23.9 Å². The maximum absolute atomic E-state index is 12.2. The van der Waals surface area contributed by atoms with Crippen molar-refractivity contribution in [2.75, 3.05) is 33.9 Å². The molecule has 3 heterocycles. The highest BCUT2D eigenvalue weighted by atomic mass is 19.4. The van der Waals surface area contributed by atoms with E-state index >= 15 is 0 Å². The summed E-state index contributed by atoms with van der Waals surface area (Å²) in [5, 5.41) is 17.1. The lowest BCUT2D eigenvalue weighted by Gasteiger charge is -2.35. The van der Waals surface area contributed by atoms with E-state index in [2.05, 4.69) is 21.3 Å². The summed E-state index contributed by atoms with van der Waals surface area (Å²) < 4.78 is 79.9. The van der Waals surface area contributed by atoms with Crippen molar-refractivity contribution in [3.63, 3.8) is 0 Å². The summed E-state index contributed by atoms with van der Waals surface area (Å²) in [7, 11) is 3.27. The molecule has 0 saturated carbocycles. The second-order valence-corrected chi connectivity index (χ2v) is 8.13. The fourth-order valence-electron chi connectivity index (χ4n) is 3.74. The van der Waals surface area contributed by atoms with Gasteiger partial charge < -0.3 is 29.7 Å². The Morgan fingerprint density at radius 1 is 1.08 bits per heavy atom. The van der Waals surface area contributed by atoms with Crippen LogP contribution in [0, 0.1) is 0 Å². The molecule has 0 spiro atoms. The number of rotatable bonds is 7. The first-order valence-corrected chi connectivity index (χ1v) is 11.4. The molecule has 3 N–H and O–H groups in total. The molecule has 0 unspecified atom stereocenters. The number of hydrogen-bond acceptors (Lipinski definition) is 8. The molecule has 0 aliphatic carbocycles. The van der Waals surface area contributed by atoms with Crippen LogP contribution in [0.3, 0.4) is 0 Å². The average Bonchev–Trinajstić information content (AvgIpc) is 3.26. The lowest BCUT2D eigenvalue weighted by atomic mass is 9.98. The first-order valence-electron chi connectivity index (χ1n) is 11.4. The van der Waals surface area contributed by atoms with E-state index in [1.165, 1.54) is 0 Å². The average molecular weight is 577 g/mol. The molecule has 3 atom stereocenters. The molecule has 222 valence electrons. The van der Waals surface area contributed by atoms with E-state index in [0.29, 0.717) is 25.1 Å². The van der Waals surface area contributed by atoms with Crippen LogP contribution in [0.5, 0.6) is 5.88 Å². The first-order chi connectivity index (χ1) is 18.1. The van der Waals surface area contributed by atoms with Crippen molar-refractivity contribution in [2.45, 2.75) is 56.4 Å². The zero-order chi connectivity index (χ0) is 29.8. The highest BCUT2D eigenvalue weighted by Gasteiger charge is 2.42. The molecule has 0 aromatic carbocycles. The number of amides is 1. The number of fused-ring (bicyclic) bond motifs is 1. The van der Waals surface area contributed by atoms with Crippen molar-refractivity contribution in [1.29, 1.82) is 0 Å². The van der Waals surface area contributed by atoms with Crippen LogP contribution in [0.25, 0.3) is 0 Å². The molecule has 2 saturated heterocycles. The summed E-state index contributed by atoms with van der Waals surface area (Å²) in [4.78, 5) is 36.7. The first kappa shape index (κ1) is 33.8. The molecule has 39 heavy (non-hydrogen) atoms. The number of halogens is 6. The van der Waals surface area contributed by atoms with Gasteiger partial charge in [-0.05, 0) is 25.3 Å². The van der Waals surface area contributed by atoms with Crippen LogP contribution in [0.2, 0.25) is 0 Å². The van der Waals surface area contributed by atoms with Gasteiger partial charge in [0, 0.05) is 44.5 Å². The summed E-state index contributed by atoms with van der Waals surface area (Å²) in [6, 6.07) is 4.34. The highest BCUT2D eigenvalue weighted by Crippen LogP contribution is 2.33. The number of carbonyl (C=O) groups excluding carboxylic acids is 1. The van der Waals surface area contributed by atoms with Crippen LogP contribution >= 0.6 is 0 Å². The van der Waals surface area contributed by atoms with Gasteiger partial charge in [0.15, 0.2) is 0 Å². The molecule has 2 aliphatic heterocycles. The maximum atomic E-state index is 12.2. The van der Waals surface area contributed by atoms with Crippen LogP contribution < -0.4 is 10.1 Å². The van der Waals surface area contributed by atoms with Gasteiger partial charge in [-0.15, -0.1) is 0 Å². The molecule has 0 radical (unpaired) electrons. The minimum atomic E-state index is -5.08. The minimum absolute atomic E-state index is 0.0251. The second-order valence-electron chi connectivity index (χ2n) is 8.13. The lowest BCUT2D eigenvalue weighted by Crippen LogP contribution is -2.48. The van der Waals surface area contributed by atoms with Crippen LogP contribution in [0.4, 0.5) is 26.3 Å². The number of nitrogens with zero attached hydrogens (tertiary/aromatic N) is 2. The Bertz CT molecular complexity index is 923. The monoisotopic (exact) mass is 577 g/mol. The number of aromatic nitrogens is 1. The van der Waals surface area contributed by atoms with Gasteiger partial charge >= 0.3 is 24.3 Å². The molecule has 17 heteroatoms. The van der Waals surface area contributed by atoms with Crippen molar-refractivity contribution in [2.24, 2.45) is 0 Å². The van der Waals surface area contributed by atoms with Gasteiger partial charge in [-0.2, -0.15) is 26.3 Å². The number of nitrogens with one attached hydrogen (secondary N) is 1. The molecule has 3 rings (SSSR count). The van der Waals surface area contributed by atoms with E-state index < -0.39 is 24.3 Å². The van der Waals surface area contributed by atoms with E-state index in [4.69, 9.17) is 34.0 Å². The summed E-state index contributed by atoms with van der Waals surface area (Å²) >= 11 is 0. The van der Waals surface area contributed by atoms with E-state index in [9.17, 15) is 31.1 Å². The number of carboxylic acids is 2. The van der Waals surface area contributed by atoms with E-state index in [1.807, 2.05) is 6.07 Å². The van der Waals surface area contributed by atoms with Crippen LogP contribution in [-0.2, 0) is 30.4 Å². The number of carboxylic acid groups (broad SMARTS) is 2. The number of carbonyl (C=O) groups is 3. The summed E-state index contributed by atoms with van der Waals surface area (Å²) in [6.45, 7) is 2.80. The standard InChI is InChI=1S/C18H27N3O4.2C2HF3O2/c1-23-11-9-19-17(22)16-6-5-14-15(25-16)7-10-21(14)12-13-4-3-8-20-18(13)24-2;2*3-2(4,5)1(6)7/h3-4,8,14-16H,5-7,9-12H2,1-2H3,(H,19,22);2*(H,6,7)/t14-,15-,16-;;/m1../s1. The van der Waals surface area contributed by atoms with Gasteiger partial charge in [0.1, 0.15) is 6.10 Å². The molecule has 1 amide bonds. The van der Waals surface area contributed by atoms with E-state index in [1.54, 1.807) is 20.4 Å². The third kappa shape index (κ3) is 11.6. The smallest absolute Gasteiger partial charge is 0.481 e. The van der Waals surface area contributed by atoms with Crippen molar-refractivity contribution in [3.8, 4) is 5.88 Å². The van der Waals surface area contributed by atoms with Gasteiger partial charge in [-0.1, -0.05) is 6.07 Å². The third-order valence-electron chi connectivity index (χ3n) is 5.46. The molecule has 2 fully saturated rings. The lowest BCUT2D eigenvalue weighted by molar-refractivity contribution is -0.193. The molecule has 1 aromatic heterocycles. The fourth-order valence-corrected chi connectivity index (χ4v) is 3.74. The Morgan fingerprint density at radius 3 is 2.18 bits per heavy atom. The molecule has 2 aliphatic rings. The molecular weight excluding hydrogens is 548 g/mol. The van der Waals surface area contributed by atoms with E-state index in [0.717, 1.165) is 37.9 Å². The predicted molar refractivity (Wildman–Crippen MR) is 120 cm³/mol. The number of likely N-dealkylation sites (tertiary alicyclic amines) is 1. The largest absolute Gasteiger partial charge is 0.490 e. The van der Waals surface area contributed by atoms with Gasteiger partial charge in [-0.3, -0.25) is 9.69 Å². The third-order valence-corrected chi connectivity index (χ3v) is 5.46. The Balaban J connectivity index is 0.000000449. The van der Waals surface area contributed by atoms with Crippen LogP contribution in [-0.4, -0.2) is 102 Å². The molecule has 11 nitrogen and oxygen atoms in total. The number of hydrogen-bond donors (Lipinski definition) is 3. The van der Waals surface area contributed by atoms with Crippen molar-refractivity contribution >= 4 is 17.8 Å². The molecule has 1 aromatic rings. The topological polar surface area (TPSA) is 148 Å². The number of pyridine rings is 1. The highest BCUT2D eigenvalue weighted by molar-refractivity contribution is 5.80. The SMILES string of the molecule is COCCNC(=O)[C@H]1CC[C@@H]2[C@@H](CCN2Cc2cccnc2OC)O1.O=C(O)C(F)(F)F.O=C(O)C(F)(F)F. The summed E-state index contributed by atoms with van der Waals surface area (Å²) in [6.07, 6.45) is -5.97. The number of methoxy groups -OCH3 is 2. The molecule has 0 bridgehead atoms. The quantitative estimate of drug-likeness (QED) is 0.326. The van der Waals surface area contributed by atoms with Gasteiger partial charge in [0.2, 0.25) is 11.8 Å². The van der Waals surface area contributed by atoms with Crippen LogP contribution in [0.1, 0.15) is 24.8 Å². The normalized spacial score (nSPS) is 20.9. The van der Waals surface area contributed by atoms with Crippen molar-refractivity contribution < 1.29 is 65.1 Å². The zero-order valence-electron chi connectivity index (χ0n) is 20.9. The Kier molecular flexibility index (Phi) is 13.4.